The van der Waals surface area contributed by atoms with Gasteiger partial charge in [0.25, 0.3) is 0 Å². The highest BCUT2D eigenvalue weighted by atomic mass is 19.1. The van der Waals surface area contributed by atoms with Crippen LogP contribution >= 0.6 is 0 Å². The minimum atomic E-state index is -0.916. The normalized spacial score (nSPS) is 20.0. The summed E-state index contributed by atoms with van der Waals surface area (Å²) in [4.78, 5) is 26.7. The average molecular weight is 381 g/mol. The number of amides is 1. The Bertz CT molecular complexity index is 667. The number of carboxylic acids is 1. The van der Waals surface area contributed by atoms with Gasteiger partial charge in [-0.3, -0.25) is 9.78 Å². The maximum Gasteiger partial charge on any atom is 0.407 e. The van der Waals surface area contributed by atoms with Crippen LogP contribution in [0.4, 0.5) is 14.9 Å². The van der Waals surface area contributed by atoms with E-state index in [1.807, 2.05) is 20.8 Å². The first-order valence-electron chi connectivity index (χ1n) is 9.24. The lowest BCUT2D eigenvalue weighted by molar-refractivity contribution is -0.136. The number of alkyl carbamates (subject to hydrolysis) is 1. The van der Waals surface area contributed by atoms with Gasteiger partial charge in [0.05, 0.1) is 24.0 Å². The van der Waals surface area contributed by atoms with Crippen molar-refractivity contribution in [2.45, 2.75) is 77.0 Å². The molecule has 1 amide bonds. The number of aryl methyl sites for hydroxylation is 1. The van der Waals surface area contributed by atoms with E-state index in [1.165, 1.54) is 6.07 Å². The summed E-state index contributed by atoms with van der Waals surface area (Å²) in [6.07, 6.45) is 4.04. The number of nitrogens with one attached hydrogen (secondary N) is 2. The number of pyridine rings is 1. The lowest BCUT2D eigenvalue weighted by atomic mass is 9.91. The number of nitrogens with zero attached hydrogens (tertiary/aromatic N) is 1. The fraction of sp³-hybridized carbons (Fsp3) is 0.632. The number of rotatable bonds is 6. The van der Waals surface area contributed by atoms with Crippen molar-refractivity contribution in [3.8, 4) is 0 Å². The van der Waals surface area contributed by atoms with Gasteiger partial charge < -0.3 is 20.5 Å². The molecule has 1 heterocycles. The van der Waals surface area contributed by atoms with Crippen molar-refractivity contribution in [3.05, 3.63) is 23.8 Å². The second-order valence-electron chi connectivity index (χ2n) is 7.88. The first-order valence-corrected chi connectivity index (χ1v) is 9.24. The number of carbonyl (C=O) groups is 2. The Labute approximate surface area is 158 Å². The molecule has 0 spiro atoms. The predicted molar refractivity (Wildman–Crippen MR) is 99.2 cm³/mol. The van der Waals surface area contributed by atoms with Crippen LogP contribution in [0.3, 0.4) is 0 Å². The van der Waals surface area contributed by atoms with E-state index >= 15 is 0 Å². The molecule has 1 saturated carbocycles. The number of carbonyl (C=O) groups excluding carboxylic acids is 1. The van der Waals surface area contributed by atoms with Gasteiger partial charge >= 0.3 is 12.1 Å². The van der Waals surface area contributed by atoms with E-state index in [2.05, 4.69) is 15.6 Å². The molecule has 1 aliphatic rings. The van der Waals surface area contributed by atoms with Crippen LogP contribution in [0.15, 0.2) is 12.3 Å². The zero-order valence-corrected chi connectivity index (χ0v) is 16.0. The number of carboxylic acid groups (broad SMARTS) is 1. The molecule has 0 bridgehead atoms. The van der Waals surface area contributed by atoms with E-state index in [9.17, 15) is 14.0 Å². The van der Waals surface area contributed by atoms with Gasteiger partial charge in [0, 0.05) is 24.6 Å². The van der Waals surface area contributed by atoms with E-state index in [0.29, 0.717) is 11.4 Å². The van der Waals surface area contributed by atoms with Crippen molar-refractivity contribution in [1.82, 2.24) is 10.3 Å². The molecule has 2 rings (SSSR count). The Morgan fingerprint density at radius 3 is 2.48 bits per heavy atom. The van der Waals surface area contributed by atoms with Crippen molar-refractivity contribution >= 4 is 17.7 Å². The van der Waals surface area contributed by atoms with Crippen molar-refractivity contribution in [2.75, 3.05) is 5.32 Å². The largest absolute Gasteiger partial charge is 0.481 e. The quantitative estimate of drug-likeness (QED) is 0.697. The summed E-state index contributed by atoms with van der Waals surface area (Å²) in [7, 11) is 0. The molecule has 150 valence electrons. The number of aliphatic carboxylic acids is 1. The molecule has 0 aromatic carbocycles. The first kappa shape index (κ1) is 20.9. The number of hydrogen-bond acceptors (Lipinski definition) is 5. The fourth-order valence-electron chi connectivity index (χ4n) is 3.09. The van der Waals surface area contributed by atoms with Gasteiger partial charge in [-0.1, -0.05) is 0 Å². The Kier molecular flexibility index (Phi) is 6.98. The standard InChI is InChI=1S/C19H28FN3O4/c1-19(2,3)27-18(26)23-14-6-4-13(5-7-14)22-16-10-12(20)11-21-15(16)8-9-17(24)25/h10-11,13-14,22H,4-9H2,1-3H3,(H,23,26)(H,24,25). The van der Waals surface area contributed by atoms with Gasteiger partial charge in [-0.2, -0.15) is 0 Å². The third-order valence-corrected chi connectivity index (χ3v) is 4.32. The van der Waals surface area contributed by atoms with Crippen LogP contribution in [0.25, 0.3) is 0 Å². The molecule has 8 heteroatoms. The van der Waals surface area contributed by atoms with E-state index in [-0.39, 0.29) is 24.9 Å². The summed E-state index contributed by atoms with van der Waals surface area (Å²) in [5.41, 5.74) is 0.562. The van der Waals surface area contributed by atoms with E-state index < -0.39 is 23.5 Å². The third-order valence-electron chi connectivity index (χ3n) is 4.32. The fourth-order valence-corrected chi connectivity index (χ4v) is 3.09. The number of ether oxygens (including phenoxy) is 1. The molecule has 0 saturated heterocycles. The van der Waals surface area contributed by atoms with Crippen LogP contribution in [-0.2, 0) is 16.0 Å². The Hall–Kier alpha value is -2.38. The monoisotopic (exact) mass is 381 g/mol. The summed E-state index contributed by atoms with van der Waals surface area (Å²) in [6.45, 7) is 5.47. The molecule has 27 heavy (non-hydrogen) atoms. The molecule has 7 nitrogen and oxygen atoms in total. The second kappa shape index (κ2) is 9.01. The Balaban J connectivity index is 1.87. The van der Waals surface area contributed by atoms with Gasteiger partial charge in [-0.05, 0) is 46.5 Å². The van der Waals surface area contributed by atoms with Gasteiger partial charge in [0.2, 0.25) is 0 Å². The van der Waals surface area contributed by atoms with Crippen molar-refractivity contribution in [2.24, 2.45) is 0 Å². The van der Waals surface area contributed by atoms with E-state index in [1.54, 1.807) is 0 Å². The molecule has 3 N–H and O–H groups in total. The number of anilines is 1. The Morgan fingerprint density at radius 1 is 1.26 bits per heavy atom. The molecule has 1 aromatic rings. The molecule has 1 aromatic heterocycles. The number of hydrogen-bond donors (Lipinski definition) is 3. The summed E-state index contributed by atoms with van der Waals surface area (Å²) >= 11 is 0. The van der Waals surface area contributed by atoms with Crippen LogP contribution < -0.4 is 10.6 Å². The Morgan fingerprint density at radius 2 is 1.89 bits per heavy atom. The minimum absolute atomic E-state index is 0.0509. The topological polar surface area (TPSA) is 101 Å². The summed E-state index contributed by atoms with van der Waals surface area (Å²) < 4.78 is 18.8. The zero-order chi connectivity index (χ0) is 20.0. The molecular weight excluding hydrogens is 353 g/mol. The van der Waals surface area contributed by atoms with Gasteiger partial charge in [-0.15, -0.1) is 0 Å². The van der Waals surface area contributed by atoms with Gasteiger partial charge in [-0.25, -0.2) is 9.18 Å². The van der Waals surface area contributed by atoms with Crippen LogP contribution in [0.1, 0.15) is 58.6 Å². The summed E-state index contributed by atoms with van der Waals surface area (Å²) in [5, 5.41) is 15.0. The SMILES string of the molecule is CC(C)(C)OC(=O)NC1CCC(Nc2cc(F)cnc2CCC(=O)O)CC1. The highest BCUT2D eigenvalue weighted by molar-refractivity contribution is 5.68. The maximum atomic E-state index is 13.6. The predicted octanol–water partition coefficient (Wildman–Crippen LogP) is 3.49. The molecule has 0 unspecified atom stereocenters. The van der Waals surface area contributed by atoms with Crippen LogP contribution in [-0.4, -0.2) is 39.8 Å². The molecule has 0 atom stereocenters. The molecule has 1 aliphatic carbocycles. The van der Waals surface area contributed by atoms with Crippen LogP contribution in [0, 0.1) is 5.82 Å². The zero-order valence-electron chi connectivity index (χ0n) is 16.0. The second-order valence-corrected chi connectivity index (χ2v) is 7.88. The van der Waals surface area contributed by atoms with E-state index in [4.69, 9.17) is 9.84 Å². The molecular formula is C19H28FN3O4. The highest BCUT2D eigenvalue weighted by Crippen LogP contribution is 2.25. The number of aromatic nitrogens is 1. The van der Waals surface area contributed by atoms with Crippen molar-refractivity contribution in [3.63, 3.8) is 0 Å². The van der Waals surface area contributed by atoms with Crippen LogP contribution in [0.2, 0.25) is 0 Å². The van der Waals surface area contributed by atoms with Crippen LogP contribution in [0.5, 0.6) is 0 Å². The van der Waals surface area contributed by atoms with Gasteiger partial charge in [0.1, 0.15) is 11.4 Å². The third kappa shape index (κ3) is 7.40. The lowest BCUT2D eigenvalue weighted by Gasteiger charge is -2.31. The number of halogens is 1. The van der Waals surface area contributed by atoms with Crippen molar-refractivity contribution in [1.29, 1.82) is 0 Å². The first-order chi connectivity index (χ1) is 12.6. The molecule has 1 fully saturated rings. The summed E-state index contributed by atoms with van der Waals surface area (Å²) in [6, 6.07) is 1.53. The molecule has 0 aliphatic heterocycles. The highest BCUT2D eigenvalue weighted by Gasteiger charge is 2.25. The van der Waals surface area contributed by atoms with Crippen molar-refractivity contribution < 1.29 is 23.8 Å². The lowest BCUT2D eigenvalue weighted by Crippen LogP contribution is -2.42. The molecule has 0 radical (unpaired) electrons. The van der Waals surface area contributed by atoms with Gasteiger partial charge in [0.15, 0.2) is 0 Å². The smallest absolute Gasteiger partial charge is 0.407 e. The summed E-state index contributed by atoms with van der Waals surface area (Å²) in [5.74, 6) is -1.38. The van der Waals surface area contributed by atoms with E-state index in [0.717, 1.165) is 31.9 Å². The maximum absolute atomic E-state index is 13.6. The minimum Gasteiger partial charge on any atom is -0.481 e. The average Bonchev–Trinajstić information content (AvgIpc) is 2.54.